The number of carbonyl (C=O) groups excluding carboxylic acids is 1. The van der Waals surface area contributed by atoms with Gasteiger partial charge in [-0.2, -0.15) is 0 Å². The molecule has 0 amide bonds. The van der Waals surface area contributed by atoms with Crippen molar-refractivity contribution in [3.05, 3.63) is 21.7 Å². The normalized spacial score (nSPS) is 18.1. The molecule has 0 saturated carbocycles. The molecule has 0 saturated heterocycles. The van der Waals surface area contributed by atoms with Gasteiger partial charge in [-0.1, -0.05) is 0 Å². The molecule has 0 aromatic carbocycles. The monoisotopic (exact) mass is 341 g/mol. The van der Waals surface area contributed by atoms with E-state index in [1.54, 1.807) is 11.3 Å². The summed E-state index contributed by atoms with van der Waals surface area (Å²) >= 11 is 5.06. The number of thiophene rings is 1. The summed E-state index contributed by atoms with van der Waals surface area (Å²) in [5, 5.41) is 8.47. The minimum atomic E-state index is -0.155. The number of hydrogen-bond donors (Lipinski definition) is 0. The zero-order valence-corrected chi connectivity index (χ0v) is 12.7. The second-order valence-electron chi connectivity index (χ2n) is 4.41. The van der Waals surface area contributed by atoms with Gasteiger partial charge in [0.2, 0.25) is 0 Å². The van der Waals surface area contributed by atoms with E-state index >= 15 is 0 Å². The Balaban J connectivity index is 1.94. The molecule has 0 spiro atoms. The van der Waals surface area contributed by atoms with Crippen LogP contribution in [-0.2, 0) is 22.5 Å². The third kappa shape index (κ3) is 2.32. The Morgan fingerprint density at radius 1 is 1.53 bits per heavy atom. The van der Waals surface area contributed by atoms with E-state index in [0.717, 1.165) is 33.2 Å². The van der Waals surface area contributed by atoms with Gasteiger partial charge in [-0.15, -0.1) is 21.5 Å². The summed E-state index contributed by atoms with van der Waals surface area (Å²) < 4.78 is 7.92. The van der Waals surface area contributed by atoms with E-state index in [9.17, 15) is 4.79 Å². The summed E-state index contributed by atoms with van der Waals surface area (Å²) in [6.45, 7) is 0.597. The van der Waals surface area contributed by atoms with Crippen molar-refractivity contribution >= 4 is 33.2 Å². The van der Waals surface area contributed by atoms with Crippen LogP contribution in [-0.4, -0.2) is 27.8 Å². The van der Waals surface area contributed by atoms with E-state index in [-0.39, 0.29) is 11.9 Å². The first-order valence-corrected chi connectivity index (χ1v) is 7.55. The SMILES string of the molecule is COC(=O)C1CCc2nnc(-c3ccc(Br)s3)n2C1. The molecule has 7 heteroatoms. The van der Waals surface area contributed by atoms with Crippen molar-refractivity contribution in [1.82, 2.24) is 14.8 Å². The van der Waals surface area contributed by atoms with Crippen molar-refractivity contribution in [1.29, 1.82) is 0 Å². The summed E-state index contributed by atoms with van der Waals surface area (Å²) in [5.74, 6) is 1.52. The molecule has 2 aromatic heterocycles. The number of hydrogen-bond acceptors (Lipinski definition) is 5. The van der Waals surface area contributed by atoms with E-state index in [0.29, 0.717) is 6.54 Å². The summed E-state index contributed by atoms with van der Waals surface area (Å²) in [6.07, 6.45) is 1.54. The lowest BCUT2D eigenvalue weighted by atomic mass is 9.99. The highest BCUT2D eigenvalue weighted by Crippen LogP contribution is 2.32. The number of fused-ring (bicyclic) bond motifs is 1. The van der Waals surface area contributed by atoms with Crippen molar-refractivity contribution in [2.45, 2.75) is 19.4 Å². The fraction of sp³-hybridized carbons (Fsp3) is 0.417. The van der Waals surface area contributed by atoms with Crippen LogP contribution in [0.2, 0.25) is 0 Å². The second kappa shape index (κ2) is 5.05. The summed E-state index contributed by atoms with van der Waals surface area (Å²) in [4.78, 5) is 12.7. The standard InChI is InChI=1S/C12H12BrN3O2S/c1-18-12(17)7-2-5-10-14-15-11(16(10)6-7)8-3-4-9(13)19-8/h3-4,7H,2,5-6H2,1H3. The lowest BCUT2D eigenvalue weighted by Crippen LogP contribution is -2.28. The van der Waals surface area contributed by atoms with Crippen LogP contribution in [0.4, 0.5) is 0 Å². The number of carbonyl (C=O) groups is 1. The van der Waals surface area contributed by atoms with Gasteiger partial charge < -0.3 is 9.30 Å². The molecule has 19 heavy (non-hydrogen) atoms. The van der Waals surface area contributed by atoms with Crippen molar-refractivity contribution < 1.29 is 9.53 Å². The molecular weight excluding hydrogens is 330 g/mol. The van der Waals surface area contributed by atoms with E-state index in [1.807, 2.05) is 16.7 Å². The van der Waals surface area contributed by atoms with Gasteiger partial charge in [0.1, 0.15) is 5.82 Å². The molecule has 1 aliphatic heterocycles. The van der Waals surface area contributed by atoms with Gasteiger partial charge in [-0.3, -0.25) is 4.79 Å². The first-order valence-electron chi connectivity index (χ1n) is 5.94. The molecule has 0 bridgehead atoms. The van der Waals surface area contributed by atoms with Crippen LogP contribution in [0.1, 0.15) is 12.2 Å². The average Bonchev–Trinajstić information content (AvgIpc) is 3.02. The zero-order chi connectivity index (χ0) is 13.4. The number of ether oxygens (including phenoxy) is 1. The highest BCUT2D eigenvalue weighted by molar-refractivity contribution is 9.11. The van der Waals surface area contributed by atoms with Crippen LogP contribution in [0.25, 0.3) is 10.7 Å². The van der Waals surface area contributed by atoms with Gasteiger partial charge in [-0.05, 0) is 34.5 Å². The molecule has 100 valence electrons. The lowest BCUT2D eigenvalue weighted by molar-refractivity contribution is -0.146. The minimum absolute atomic E-state index is 0.101. The highest BCUT2D eigenvalue weighted by atomic mass is 79.9. The van der Waals surface area contributed by atoms with Crippen LogP contribution >= 0.6 is 27.3 Å². The van der Waals surface area contributed by atoms with E-state index in [4.69, 9.17) is 4.74 Å². The molecule has 0 N–H and O–H groups in total. The number of esters is 1. The van der Waals surface area contributed by atoms with Crippen molar-refractivity contribution in [2.24, 2.45) is 5.92 Å². The third-order valence-corrected chi connectivity index (χ3v) is 4.89. The fourth-order valence-corrected chi connectivity index (χ4v) is 3.68. The first kappa shape index (κ1) is 12.8. The number of rotatable bonds is 2. The molecule has 0 aliphatic carbocycles. The fourth-order valence-electron chi connectivity index (χ4n) is 2.30. The van der Waals surface area contributed by atoms with Gasteiger partial charge >= 0.3 is 5.97 Å². The second-order valence-corrected chi connectivity index (χ2v) is 6.88. The first-order chi connectivity index (χ1) is 9.19. The van der Waals surface area contributed by atoms with Gasteiger partial charge in [-0.25, -0.2) is 0 Å². The van der Waals surface area contributed by atoms with Crippen LogP contribution in [0.15, 0.2) is 15.9 Å². The largest absolute Gasteiger partial charge is 0.469 e. The summed E-state index contributed by atoms with van der Waals surface area (Å²) in [5.41, 5.74) is 0. The Morgan fingerprint density at radius 3 is 3.05 bits per heavy atom. The molecule has 5 nitrogen and oxygen atoms in total. The number of methoxy groups -OCH3 is 1. The van der Waals surface area contributed by atoms with Crippen LogP contribution in [0.5, 0.6) is 0 Å². The molecule has 1 atom stereocenters. The van der Waals surface area contributed by atoms with Gasteiger partial charge in [0.15, 0.2) is 5.82 Å². The Labute approximate surface area is 122 Å². The molecule has 2 aromatic rings. The van der Waals surface area contributed by atoms with E-state index in [2.05, 4.69) is 26.1 Å². The molecule has 1 aliphatic rings. The van der Waals surface area contributed by atoms with Crippen LogP contribution in [0.3, 0.4) is 0 Å². The number of aromatic nitrogens is 3. The van der Waals surface area contributed by atoms with Crippen molar-refractivity contribution in [2.75, 3.05) is 7.11 Å². The molecule has 1 unspecified atom stereocenters. The molecular formula is C12H12BrN3O2S. The average molecular weight is 342 g/mol. The van der Waals surface area contributed by atoms with Crippen molar-refractivity contribution in [3.63, 3.8) is 0 Å². The molecule has 3 heterocycles. The Kier molecular flexibility index (Phi) is 3.40. The van der Waals surface area contributed by atoms with Crippen LogP contribution in [0, 0.1) is 5.92 Å². The van der Waals surface area contributed by atoms with Gasteiger partial charge in [0.25, 0.3) is 0 Å². The Bertz CT molecular complexity index is 622. The van der Waals surface area contributed by atoms with E-state index < -0.39 is 0 Å². The van der Waals surface area contributed by atoms with Gasteiger partial charge in [0, 0.05) is 13.0 Å². The maximum atomic E-state index is 11.7. The van der Waals surface area contributed by atoms with E-state index in [1.165, 1.54) is 7.11 Å². The number of halogens is 1. The topological polar surface area (TPSA) is 57.0 Å². The predicted octanol–water partition coefficient (Wildman–Crippen LogP) is 2.50. The zero-order valence-electron chi connectivity index (χ0n) is 10.3. The Hall–Kier alpha value is -1.21. The predicted molar refractivity (Wildman–Crippen MR) is 74.9 cm³/mol. The highest BCUT2D eigenvalue weighted by Gasteiger charge is 2.28. The Morgan fingerprint density at radius 2 is 2.37 bits per heavy atom. The van der Waals surface area contributed by atoms with Crippen molar-refractivity contribution in [3.8, 4) is 10.7 Å². The lowest BCUT2D eigenvalue weighted by Gasteiger charge is -2.21. The summed E-state index contributed by atoms with van der Waals surface area (Å²) in [6, 6.07) is 4.00. The number of aryl methyl sites for hydroxylation is 1. The molecule has 0 fully saturated rings. The van der Waals surface area contributed by atoms with Crippen LogP contribution < -0.4 is 0 Å². The quantitative estimate of drug-likeness (QED) is 0.787. The third-order valence-electron chi connectivity index (χ3n) is 3.27. The minimum Gasteiger partial charge on any atom is -0.469 e. The summed E-state index contributed by atoms with van der Waals surface area (Å²) in [7, 11) is 1.43. The maximum Gasteiger partial charge on any atom is 0.310 e. The smallest absolute Gasteiger partial charge is 0.310 e. The molecule has 3 rings (SSSR count). The number of nitrogens with zero attached hydrogens (tertiary/aromatic N) is 3. The maximum absolute atomic E-state index is 11.7. The van der Waals surface area contributed by atoms with Gasteiger partial charge in [0.05, 0.1) is 21.7 Å². The molecule has 0 radical (unpaired) electrons.